The van der Waals surface area contributed by atoms with Crippen molar-refractivity contribution in [1.29, 1.82) is 0 Å². The van der Waals surface area contributed by atoms with E-state index < -0.39 is 0 Å². The van der Waals surface area contributed by atoms with Gasteiger partial charge in [0.1, 0.15) is 5.78 Å². The van der Waals surface area contributed by atoms with Gasteiger partial charge >= 0.3 is 0 Å². The summed E-state index contributed by atoms with van der Waals surface area (Å²) in [5.74, 6) is 5.32. The molecule has 0 bridgehead atoms. The highest BCUT2D eigenvalue weighted by molar-refractivity contribution is 5.79. The summed E-state index contributed by atoms with van der Waals surface area (Å²) >= 11 is 0. The van der Waals surface area contributed by atoms with Gasteiger partial charge in [0.25, 0.3) is 0 Å². The maximum absolute atomic E-state index is 11.8. The summed E-state index contributed by atoms with van der Waals surface area (Å²) in [5.41, 5.74) is 0.529. The van der Waals surface area contributed by atoms with Crippen LogP contribution in [0.1, 0.15) is 71.1 Å². The molecule has 1 N–H and O–H groups in total. The molecule has 0 aromatic rings. The van der Waals surface area contributed by atoms with Gasteiger partial charge in [-0.3, -0.25) is 4.79 Å². The van der Waals surface area contributed by atoms with Gasteiger partial charge < -0.3 is 5.11 Å². The van der Waals surface area contributed by atoms with Crippen LogP contribution >= 0.6 is 0 Å². The summed E-state index contributed by atoms with van der Waals surface area (Å²) in [5, 5.41) is 9.54. The Morgan fingerprint density at radius 2 is 1.95 bits per heavy atom. The highest BCUT2D eigenvalue weighted by atomic mass is 16.3. The highest BCUT2D eigenvalue weighted by Crippen LogP contribution is 2.62. The number of hydrogen-bond acceptors (Lipinski definition) is 2. The summed E-state index contributed by atoms with van der Waals surface area (Å²) < 4.78 is 0. The van der Waals surface area contributed by atoms with Crippen molar-refractivity contribution in [3.05, 3.63) is 0 Å². The molecule has 4 rings (SSSR count). The average molecular weight is 304 g/mol. The minimum Gasteiger partial charge on any atom is -0.396 e. The van der Waals surface area contributed by atoms with Gasteiger partial charge in [-0.15, -0.1) is 0 Å². The van der Waals surface area contributed by atoms with Crippen LogP contribution in [-0.2, 0) is 4.79 Å². The molecule has 0 saturated heterocycles. The molecule has 0 unspecified atom stereocenters. The van der Waals surface area contributed by atoms with Crippen LogP contribution in [0.2, 0.25) is 0 Å². The lowest BCUT2D eigenvalue weighted by Crippen LogP contribution is -2.52. The number of aliphatic hydroxyl groups excluding tert-OH is 1. The molecule has 4 fully saturated rings. The first kappa shape index (κ1) is 15.2. The van der Waals surface area contributed by atoms with Crippen LogP contribution in [0.4, 0.5) is 0 Å². The van der Waals surface area contributed by atoms with Gasteiger partial charge in [-0.25, -0.2) is 0 Å². The predicted octanol–water partition coefficient (Wildman–Crippen LogP) is 4.21. The zero-order chi connectivity index (χ0) is 15.3. The van der Waals surface area contributed by atoms with Gasteiger partial charge in [0.05, 0.1) is 0 Å². The molecule has 0 aromatic heterocycles. The van der Waals surface area contributed by atoms with E-state index >= 15 is 0 Å². The lowest BCUT2D eigenvalue weighted by molar-refractivity contribution is -0.132. The molecule has 4 aliphatic rings. The van der Waals surface area contributed by atoms with Gasteiger partial charge in [-0.2, -0.15) is 0 Å². The molecule has 0 amide bonds. The third kappa shape index (κ3) is 2.28. The predicted molar refractivity (Wildman–Crippen MR) is 87.3 cm³/mol. The number of ketones is 1. The molecule has 0 aliphatic heterocycles. The van der Waals surface area contributed by atoms with Crippen LogP contribution in [0.15, 0.2) is 0 Å². The van der Waals surface area contributed by atoms with Crippen molar-refractivity contribution in [2.24, 2.45) is 40.9 Å². The summed E-state index contributed by atoms with van der Waals surface area (Å²) in [6.07, 6.45) is 12.2. The van der Waals surface area contributed by atoms with Crippen molar-refractivity contribution < 1.29 is 9.90 Å². The zero-order valence-corrected chi connectivity index (χ0v) is 14.1. The topological polar surface area (TPSA) is 37.3 Å². The van der Waals surface area contributed by atoms with E-state index in [1.165, 1.54) is 51.4 Å². The monoisotopic (exact) mass is 304 g/mol. The van der Waals surface area contributed by atoms with Crippen LogP contribution < -0.4 is 0 Å². The van der Waals surface area contributed by atoms with Gasteiger partial charge in [-0.05, 0) is 92.3 Å². The fourth-order valence-corrected chi connectivity index (χ4v) is 7.13. The largest absolute Gasteiger partial charge is 0.396 e. The van der Waals surface area contributed by atoms with E-state index in [9.17, 15) is 9.90 Å². The quantitative estimate of drug-likeness (QED) is 0.788. The molecular formula is C20H32O2. The Balaban J connectivity index is 1.54. The fraction of sp³-hybridized carbons (Fsp3) is 0.950. The van der Waals surface area contributed by atoms with Crippen LogP contribution in [0.3, 0.4) is 0 Å². The number of Topliss-reactive ketones (excluding diaryl/α,β-unsaturated/α-hetero) is 1. The molecule has 0 spiro atoms. The Labute approximate surface area is 135 Å². The first-order valence-electron chi connectivity index (χ1n) is 9.74. The summed E-state index contributed by atoms with van der Waals surface area (Å²) in [4.78, 5) is 11.8. The summed E-state index contributed by atoms with van der Waals surface area (Å²) in [7, 11) is 0. The number of carbonyl (C=O) groups excluding carboxylic acids is 1. The number of aliphatic hydroxyl groups is 1. The molecule has 0 aromatic carbocycles. The molecule has 0 heterocycles. The molecular weight excluding hydrogens is 272 g/mol. The summed E-state index contributed by atoms with van der Waals surface area (Å²) in [6, 6.07) is 0. The van der Waals surface area contributed by atoms with Crippen molar-refractivity contribution in [2.75, 3.05) is 6.61 Å². The van der Waals surface area contributed by atoms with Crippen molar-refractivity contribution >= 4 is 5.78 Å². The molecule has 4 aliphatic carbocycles. The van der Waals surface area contributed by atoms with Gasteiger partial charge in [-0.1, -0.05) is 6.92 Å². The normalized spacial score (nSPS) is 51.6. The maximum Gasteiger partial charge on any atom is 0.133 e. The number of fused-ring (bicyclic) bond motifs is 5. The van der Waals surface area contributed by atoms with Crippen molar-refractivity contribution in [2.45, 2.75) is 71.1 Å². The number of rotatable bonds is 1. The van der Waals surface area contributed by atoms with Crippen LogP contribution in [0, 0.1) is 40.9 Å². The Morgan fingerprint density at radius 1 is 1.09 bits per heavy atom. The van der Waals surface area contributed by atoms with E-state index in [2.05, 4.69) is 6.92 Å². The van der Waals surface area contributed by atoms with E-state index in [0.717, 1.165) is 42.4 Å². The second-order valence-electron chi connectivity index (χ2n) is 9.16. The number of hydrogen-bond donors (Lipinski definition) is 1. The molecule has 0 radical (unpaired) electrons. The third-order valence-corrected chi connectivity index (χ3v) is 8.36. The Hall–Kier alpha value is -0.370. The Bertz CT molecular complexity index is 445. The standard InChI is InChI=1S/C20H32O2/c1-20-9-8-13(12-21)10-15(20)3-5-18-17-6-4-16(22)11-14(17)2-7-19(18)20/h13-15,17-19,21H,2-12H2,1H3/t13-,14-,15+,17-,18+,19+,20+/m0/s1. The van der Waals surface area contributed by atoms with E-state index in [-0.39, 0.29) is 0 Å². The second-order valence-corrected chi connectivity index (χ2v) is 9.16. The van der Waals surface area contributed by atoms with E-state index in [0.29, 0.717) is 23.7 Å². The first-order valence-corrected chi connectivity index (χ1v) is 9.74. The SMILES string of the molecule is C[C@@]12CC[C@H](CO)C[C@H]1CC[C@@H]1[C@H]3CCC(=O)C[C@@H]3CC[C@H]12. The van der Waals surface area contributed by atoms with Gasteiger partial charge in [0.15, 0.2) is 0 Å². The Morgan fingerprint density at radius 3 is 2.77 bits per heavy atom. The van der Waals surface area contributed by atoms with E-state index in [1.807, 2.05) is 0 Å². The highest BCUT2D eigenvalue weighted by Gasteiger charge is 2.54. The minimum atomic E-state index is 0.396. The van der Waals surface area contributed by atoms with Crippen LogP contribution in [0.5, 0.6) is 0 Å². The van der Waals surface area contributed by atoms with Crippen molar-refractivity contribution in [3.63, 3.8) is 0 Å². The average Bonchev–Trinajstić information content (AvgIpc) is 2.53. The third-order valence-electron chi connectivity index (χ3n) is 8.36. The van der Waals surface area contributed by atoms with E-state index in [4.69, 9.17) is 0 Å². The van der Waals surface area contributed by atoms with Gasteiger partial charge in [0.2, 0.25) is 0 Å². The lowest BCUT2D eigenvalue weighted by Gasteiger charge is -2.60. The fourth-order valence-electron chi connectivity index (χ4n) is 7.13. The molecule has 7 atom stereocenters. The molecule has 2 nitrogen and oxygen atoms in total. The zero-order valence-electron chi connectivity index (χ0n) is 14.1. The molecule has 2 heteroatoms. The molecule has 4 saturated carbocycles. The minimum absolute atomic E-state index is 0.396. The van der Waals surface area contributed by atoms with E-state index in [1.54, 1.807) is 0 Å². The molecule has 22 heavy (non-hydrogen) atoms. The smallest absolute Gasteiger partial charge is 0.133 e. The van der Waals surface area contributed by atoms with Gasteiger partial charge in [0, 0.05) is 19.4 Å². The second kappa shape index (κ2) is 5.61. The lowest BCUT2D eigenvalue weighted by atomic mass is 9.45. The maximum atomic E-state index is 11.8. The first-order chi connectivity index (χ1) is 10.6. The molecule has 124 valence electrons. The van der Waals surface area contributed by atoms with Crippen LogP contribution in [0.25, 0.3) is 0 Å². The van der Waals surface area contributed by atoms with Crippen LogP contribution in [-0.4, -0.2) is 17.5 Å². The van der Waals surface area contributed by atoms with Crippen molar-refractivity contribution in [1.82, 2.24) is 0 Å². The summed E-state index contributed by atoms with van der Waals surface area (Å²) in [6.45, 7) is 2.98. The Kier molecular flexibility index (Phi) is 3.87. The van der Waals surface area contributed by atoms with Crippen molar-refractivity contribution in [3.8, 4) is 0 Å². The number of carbonyl (C=O) groups is 1.